The monoisotopic (exact) mass is 258 g/mol. The first-order valence-corrected chi connectivity index (χ1v) is 6.78. The molecule has 96 valence electrons. The second kappa shape index (κ2) is 3.97. The normalized spacial score (nSPS) is 11.4. The molecule has 0 amide bonds. The number of aromatic hydroxyl groups is 1. The molecule has 0 unspecified atom stereocenters. The van der Waals surface area contributed by atoms with Crippen LogP contribution in [0.15, 0.2) is 60.7 Å². The van der Waals surface area contributed by atoms with Crippen molar-refractivity contribution in [3.05, 3.63) is 66.2 Å². The molecule has 0 aliphatic carbocycles. The maximum absolute atomic E-state index is 10.5. The molecule has 0 bridgehead atoms. The van der Waals surface area contributed by atoms with E-state index in [1.807, 2.05) is 24.3 Å². The number of phenolic OH excluding ortho intramolecular Hbond substituents is 1. The Labute approximate surface area is 117 Å². The summed E-state index contributed by atoms with van der Waals surface area (Å²) in [6, 6.07) is 20.5. The van der Waals surface area contributed by atoms with Gasteiger partial charge in [0.1, 0.15) is 5.75 Å². The van der Waals surface area contributed by atoms with Crippen LogP contribution in [0.5, 0.6) is 5.75 Å². The first-order valence-electron chi connectivity index (χ1n) is 6.78. The molecule has 0 atom stereocenters. The Morgan fingerprint density at radius 3 is 2.40 bits per heavy atom. The number of rotatable bonds is 0. The van der Waals surface area contributed by atoms with Crippen LogP contribution in [0.3, 0.4) is 0 Å². The summed E-state index contributed by atoms with van der Waals surface area (Å²) < 4.78 is 0. The summed E-state index contributed by atoms with van der Waals surface area (Å²) in [4.78, 5) is 0. The van der Waals surface area contributed by atoms with Gasteiger partial charge in [0.15, 0.2) is 0 Å². The molecule has 0 spiro atoms. The maximum Gasteiger partial charge on any atom is 0.124 e. The van der Waals surface area contributed by atoms with Crippen LogP contribution >= 0.6 is 0 Å². The van der Waals surface area contributed by atoms with Gasteiger partial charge in [0.25, 0.3) is 0 Å². The van der Waals surface area contributed by atoms with Crippen LogP contribution in [0.2, 0.25) is 0 Å². The van der Waals surface area contributed by atoms with E-state index in [0.29, 0.717) is 5.75 Å². The number of phenols is 1. The largest absolute Gasteiger partial charge is 0.507 e. The molecule has 0 aromatic heterocycles. The van der Waals surface area contributed by atoms with E-state index in [2.05, 4.69) is 43.3 Å². The highest BCUT2D eigenvalue weighted by Crippen LogP contribution is 2.38. The Bertz CT molecular complexity index is 967. The second-order valence-electron chi connectivity index (χ2n) is 5.28. The number of hydrogen-bond acceptors (Lipinski definition) is 1. The van der Waals surface area contributed by atoms with E-state index in [4.69, 9.17) is 0 Å². The van der Waals surface area contributed by atoms with Crippen molar-refractivity contribution in [2.24, 2.45) is 0 Å². The zero-order chi connectivity index (χ0) is 13.7. The van der Waals surface area contributed by atoms with Gasteiger partial charge in [0.2, 0.25) is 0 Å². The van der Waals surface area contributed by atoms with Crippen molar-refractivity contribution in [3.8, 4) is 5.75 Å². The average Bonchev–Trinajstić information content (AvgIpc) is 2.47. The van der Waals surface area contributed by atoms with Gasteiger partial charge in [-0.2, -0.15) is 0 Å². The topological polar surface area (TPSA) is 20.2 Å². The van der Waals surface area contributed by atoms with Gasteiger partial charge in [-0.05, 0) is 45.5 Å². The van der Waals surface area contributed by atoms with Gasteiger partial charge in [0.05, 0.1) is 0 Å². The van der Waals surface area contributed by atoms with E-state index in [9.17, 15) is 5.11 Å². The van der Waals surface area contributed by atoms with Crippen molar-refractivity contribution in [2.45, 2.75) is 6.92 Å². The van der Waals surface area contributed by atoms with Crippen LogP contribution in [0.4, 0.5) is 0 Å². The fourth-order valence-electron chi connectivity index (χ4n) is 3.14. The molecule has 0 heterocycles. The summed E-state index contributed by atoms with van der Waals surface area (Å²) in [7, 11) is 0. The molecule has 20 heavy (non-hydrogen) atoms. The zero-order valence-electron chi connectivity index (χ0n) is 11.2. The highest BCUT2D eigenvalue weighted by atomic mass is 16.3. The number of aryl methyl sites for hydroxylation is 1. The highest BCUT2D eigenvalue weighted by Gasteiger charge is 2.10. The van der Waals surface area contributed by atoms with Crippen LogP contribution in [0.1, 0.15) is 5.56 Å². The molecule has 1 nitrogen and oxygen atoms in total. The molecular weight excluding hydrogens is 244 g/mol. The fraction of sp³-hybridized carbons (Fsp3) is 0.0526. The van der Waals surface area contributed by atoms with Gasteiger partial charge < -0.3 is 5.11 Å². The van der Waals surface area contributed by atoms with Crippen LogP contribution < -0.4 is 0 Å². The minimum absolute atomic E-state index is 0.360. The first-order chi connectivity index (χ1) is 9.75. The molecule has 0 aliphatic heterocycles. The van der Waals surface area contributed by atoms with E-state index in [1.54, 1.807) is 0 Å². The van der Waals surface area contributed by atoms with Crippen molar-refractivity contribution in [3.63, 3.8) is 0 Å². The number of benzene rings is 4. The molecule has 1 N–H and O–H groups in total. The maximum atomic E-state index is 10.5. The lowest BCUT2D eigenvalue weighted by molar-refractivity contribution is 0.483. The minimum atomic E-state index is 0.360. The predicted octanol–water partition coefficient (Wildman–Crippen LogP) is 5.16. The molecule has 4 aromatic carbocycles. The lowest BCUT2D eigenvalue weighted by atomic mass is 9.94. The Morgan fingerprint density at radius 1 is 0.700 bits per heavy atom. The molecule has 4 rings (SSSR count). The Kier molecular flexibility index (Phi) is 2.25. The molecule has 1 heteroatoms. The third-order valence-corrected chi connectivity index (χ3v) is 4.05. The third kappa shape index (κ3) is 1.44. The van der Waals surface area contributed by atoms with Gasteiger partial charge in [-0.15, -0.1) is 0 Å². The quantitative estimate of drug-likeness (QED) is 0.432. The van der Waals surface area contributed by atoms with Crippen LogP contribution in [0.25, 0.3) is 32.3 Å². The molecule has 0 aliphatic rings. The van der Waals surface area contributed by atoms with Crippen molar-refractivity contribution < 1.29 is 5.11 Å². The lowest BCUT2D eigenvalue weighted by Gasteiger charge is -2.11. The number of fused-ring (bicyclic) bond motifs is 5. The van der Waals surface area contributed by atoms with Crippen LogP contribution in [-0.2, 0) is 0 Å². The summed E-state index contributed by atoms with van der Waals surface area (Å²) in [6.07, 6.45) is 0. The van der Waals surface area contributed by atoms with Crippen LogP contribution in [-0.4, -0.2) is 5.11 Å². The van der Waals surface area contributed by atoms with Crippen LogP contribution in [0, 0.1) is 6.92 Å². The van der Waals surface area contributed by atoms with Crippen molar-refractivity contribution >= 4 is 32.3 Å². The summed E-state index contributed by atoms with van der Waals surface area (Å²) >= 11 is 0. The van der Waals surface area contributed by atoms with Crippen molar-refractivity contribution in [2.75, 3.05) is 0 Å². The van der Waals surface area contributed by atoms with Crippen molar-refractivity contribution in [1.82, 2.24) is 0 Å². The second-order valence-corrected chi connectivity index (χ2v) is 5.28. The Hall–Kier alpha value is -2.54. The Morgan fingerprint density at radius 2 is 1.50 bits per heavy atom. The standard InChI is InChI=1S/C19H14O/c1-12-5-4-7-13-9-10-16-15-8-3-2-6-14(15)11-17(20)19(16)18(12)13/h2-11,20H,1H3. The fourth-order valence-corrected chi connectivity index (χ4v) is 3.14. The molecule has 0 saturated carbocycles. The molecular formula is C19H14O. The smallest absolute Gasteiger partial charge is 0.124 e. The van der Waals surface area contributed by atoms with E-state index in [1.165, 1.54) is 16.3 Å². The highest BCUT2D eigenvalue weighted by molar-refractivity contribution is 6.20. The summed E-state index contributed by atoms with van der Waals surface area (Å²) in [5.41, 5.74) is 1.19. The summed E-state index contributed by atoms with van der Waals surface area (Å²) in [5.74, 6) is 0.360. The average molecular weight is 258 g/mol. The van der Waals surface area contributed by atoms with E-state index in [-0.39, 0.29) is 0 Å². The summed E-state index contributed by atoms with van der Waals surface area (Å²) in [6.45, 7) is 2.09. The predicted molar refractivity (Wildman–Crippen MR) is 85.4 cm³/mol. The van der Waals surface area contributed by atoms with Gasteiger partial charge in [-0.25, -0.2) is 0 Å². The van der Waals surface area contributed by atoms with Gasteiger partial charge in [-0.1, -0.05) is 54.6 Å². The summed E-state index contributed by atoms with van der Waals surface area (Å²) in [5, 5.41) is 17.1. The molecule has 0 radical (unpaired) electrons. The van der Waals surface area contributed by atoms with Gasteiger partial charge in [0, 0.05) is 5.39 Å². The van der Waals surface area contributed by atoms with E-state index >= 15 is 0 Å². The molecule has 0 fully saturated rings. The SMILES string of the molecule is Cc1cccc2ccc3c4ccccc4cc(O)c3c12. The Balaban J connectivity index is 2.37. The number of hydrogen-bond donors (Lipinski definition) is 1. The minimum Gasteiger partial charge on any atom is -0.507 e. The first kappa shape index (κ1) is 11.3. The van der Waals surface area contributed by atoms with Gasteiger partial charge >= 0.3 is 0 Å². The van der Waals surface area contributed by atoms with E-state index < -0.39 is 0 Å². The lowest BCUT2D eigenvalue weighted by Crippen LogP contribution is -1.84. The van der Waals surface area contributed by atoms with E-state index in [0.717, 1.165) is 21.5 Å². The van der Waals surface area contributed by atoms with Gasteiger partial charge in [-0.3, -0.25) is 0 Å². The molecule has 4 aromatic rings. The third-order valence-electron chi connectivity index (χ3n) is 4.05. The zero-order valence-corrected chi connectivity index (χ0v) is 11.2. The van der Waals surface area contributed by atoms with Crippen molar-refractivity contribution in [1.29, 1.82) is 0 Å². The molecule has 0 saturated heterocycles.